The van der Waals surface area contributed by atoms with Crippen LogP contribution < -0.4 is 0 Å². The van der Waals surface area contributed by atoms with E-state index in [1.807, 2.05) is 0 Å². The molecule has 0 amide bonds. The van der Waals surface area contributed by atoms with Crippen LogP contribution in [0.2, 0.25) is 0 Å². The largest absolute Gasteiger partial charge is 0.477 e. The second kappa shape index (κ2) is 4.37. The van der Waals surface area contributed by atoms with Crippen LogP contribution in [0.1, 0.15) is 15.9 Å². The highest BCUT2D eigenvalue weighted by molar-refractivity contribution is 6.02. The first-order valence-electron chi connectivity index (χ1n) is 5.75. The van der Waals surface area contributed by atoms with Crippen molar-refractivity contribution in [1.29, 1.82) is 0 Å². The van der Waals surface area contributed by atoms with Gasteiger partial charge >= 0.3 is 12.1 Å². The van der Waals surface area contributed by atoms with Crippen LogP contribution in [0.4, 0.5) is 13.2 Å². The zero-order valence-corrected chi connectivity index (χ0v) is 10.2. The van der Waals surface area contributed by atoms with E-state index in [2.05, 4.69) is 10.1 Å². The molecule has 108 valence electrons. The number of hydrogen-bond donors (Lipinski definition) is 2. The Morgan fingerprint density at radius 2 is 2.10 bits per heavy atom. The monoisotopic (exact) mass is 296 g/mol. The molecule has 0 aliphatic rings. The Morgan fingerprint density at radius 3 is 2.76 bits per heavy atom. The van der Waals surface area contributed by atoms with Crippen molar-refractivity contribution in [2.45, 2.75) is 6.18 Å². The van der Waals surface area contributed by atoms with Crippen molar-refractivity contribution in [3.8, 4) is 11.3 Å². The molecule has 0 saturated heterocycles. The standard InChI is InChI=1S/C13H7F3N2O3/c14-13(15,16)8-2-1-3-9-10(8)6(4-17-9)11-7(12(19)20)5-18-21-11/h1-5,17H,(H,19,20). The third kappa shape index (κ3) is 2.04. The smallest absolute Gasteiger partial charge is 0.417 e. The van der Waals surface area contributed by atoms with Crippen LogP contribution in [-0.4, -0.2) is 21.2 Å². The second-order valence-corrected chi connectivity index (χ2v) is 4.30. The molecule has 0 atom stereocenters. The van der Waals surface area contributed by atoms with Crippen LogP contribution in [0, 0.1) is 0 Å². The lowest BCUT2D eigenvalue weighted by Crippen LogP contribution is -2.05. The Kier molecular flexibility index (Phi) is 2.75. The Labute approximate surface area is 115 Å². The summed E-state index contributed by atoms with van der Waals surface area (Å²) in [5, 5.41) is 12.2. The predicted octanol–water partition coefficient (Wildman–Crippen LogP) is 3.54. The van der Waals surface area contributed by atoms with Crippen LogP contribution in [-0.2, 0) is 6.18 Å². The van der Waals surface area contributed by atoms with E-state index in [-0.39, 0.29) is 27.8 Å². The number of alkyl halides is 3. The van der Waals surface area contributed by atoms with Crippen LogP contribution in [0.15, 0.2) is 35.1 Å². The molecule has 3 rings (SSSR count). The summed E-state index contributed by atoms with van der Waals surface area (Å²) in [6, 6.07) is 3.66. The first kappa shape index (κ1) is 13.2. The maximum atomic E-state index is 13.1. The van der Waals surface area contributed by atoms with E-state index in [4.69, 9.17) is 9.63 Å². The van der Waals surface area contributed by atoms with Gasteiger partial charge in [-0.25, -0.2) is 4.79 Å². The van der Waals surface area contributed by atoms with Crippen molar-refractivity contribution in [1.82, 2.24) is 10.1 Å². The van der Waals surface area contributed by atoms with Gasteiger partial charge in [0.15, 0.2) is 5.76 Å². The summed E-state index contributed by atoms with van der Waals surface area (Å²) in [5.74, 6) is -1.55. The molecule has 2 aromatic heterocycles. The lowest BCUT2D eigenvalue weighted by Gasteiger charge is -2.09. The molecule has 0 aliphatic carbocycles. The fourth-order valence-corrected chi connectivity index (χ4v) is 2.19. The fourth-order valence-electron chi connectivity index (χ4n) is 2.19. The molecule has 0 radical (unpaired) electrons. The minimum Gasteiger partial charge on any atom is -0.477 e. The normalized spacial score (nSPS) is 12.0. The molecule has 3 aromatic rings. The lowest BCUT2D eigenvalue weighted by molar-refractivity contribution is -0.136. The molecule has 2 heterocycles. The van der Waals surface area contributed by atoms with Gasteiger partial charge < -0.3 is 14.6 Å². The average Bonchev–Trinajstić information content (AvgIpc) is 3.02. The molecule has 0 spiro atoms. The average molecular weight is 296 g/mol. The molecule has 0 aliphatic heterocycles. The number of nitrogens with one attached hydrogen (secondary N) is 1. The SMILES string of the molecule is O=C(O)c1cnoc1-c1c[nH]c2cccc(C(F)(F)F)c12. The number of rotatable bonds is 2. The number of nitrogens with zero attached hydrogens (tertiary/aromatic N) is 1. The Morgan fingerprint density at radius 1 is 1.33 bits per heavy atom. The van der Waals surface area contributed by atoms with Gasteiger partial charge in [-0.3, -0.25) is 0 Å². The Bertz CT molecular complexity index is 833. The van der Waals surface area contributed by atoms with Crippen LogP contribution in [0.5, 0.6) is 0 Å². The summed E-state index contributed by atoms with van der Waals surface area (Å²) < 4.78 is 44.1. The van der Waals surface area contributed by atoms with E-state index in [1.165, 1.54) is 18.3 Å². The Balaban J connectivity index is 2.34. The molecule has 2 N–H and O–H groups in total. The number of carbonyl (C=O) groups is 1. The van der Waals surface area contributed by atoms with Crippen LogP contribution in [0.3, 0.4) is 0 Å². The summed E-state index contributed by atoms with van der Waals surface area (Å²) in [6.07, 6.45) is -2.35. The van der Waals surface area contributed by atoms with Crippen molar-refractivity contribution in [3.63, 3.8) is 0 Å². The zero-order valence-electron chi connectivity index (χ0n) is 10.2. The van der Waals surface area contributed by atoms with Crippen molar-refractivity contribution >= 4 is 16.9 Å². The quantitative estimate of drug-likeness (QED) is 0.758. The third-order valence-electron chi connectivity index (χ3n) is 3.06. The molecule has 0 saturated carbocycles. The predicted molar refractivity (Wildman–Crippen MR) is 65.8 cm³/mol. The summed E-state index contributed by atoms with van der Waals surface area (Å²) in [7, 11) is 0. The van der Waals surface area contributed by atoms with Gasteiger partial charge in [0.1, 0.15) is 5.56 Å². The maximum Gasteiger partial charge on any atom is 0.417 e. The molecule has 0 fully saturated rings. The number of halogens is 3. The molecule has 0 unspecified atom stereocenters. The first-order chi connectivity index (χ1) is 9.89. The molecule has 8 heteroatoms. The van der Waals surface area contributed by atoms with Gasteiger partial charge in [-0.2, -0.15) is 13.2 Å². The molecule has 1 aromatic carbocycles. The number of H-pyrrole nitrogens is 1. The Hall–Kier alpha value is -2.77. The highest BCUT2D eigenvalue weighted by Crippen LogP contribution is 2.40. The number of benzene rings is 1. The molecular formula is C13H7F3N2O3. The van der Waals surface area contributed by atoms with Crippen molar-refractivity contribution in [3.05, 3.63) is 41.7 Å². The van der Waals surface area contributed by atoms with Crippen molar-refractivity contribution in [2.75, 3.05) is 0 Å². The van der Waals surface area contributed by atoms with E-state index in [0.717, 1.165) is 12.3 Å². The highest BCUT2D eigenvalue weighted by Gasteiger charge is 2.34. The van der Waals surface area contributed by atoms with Crippen LogP contribution in [0.25, 0.3) is 22.2 Å². The minimum absolute atomic E-state index is 0.00725. The van der Waals surface area contributed by atoms with Gasteiger partial charge in [0.2, 0.25) is 0 Å². The second-order valence-electron chi connectivity index (χ2n) is 4.30. The highest BCUT2D eigenvalue weighted by atomic mass is 19.4. The topological polar surface area (TPSA) is 79.1 Å². The number of carboxylic acid groups (broad SMARTS) is 1. The lowest BCUT2D eigenvalue weighted by atomic mass is 10.0. The van der Waals surface area contributed by atoms with E-state index >= 15 is 0 Å². The number of carboxylic acids is 1. The summed E-state index contributed by atoms with van der Waals surface area (Å²) in [4.78, 5) is 13.7. The third-order valence-corrected chi connectivity index (χ3v) is 3.06. The van der Waals surface area contributed by atoms with Gasteiger partial charge in [-0.1, -0.05) is 11.2 Å². The maximum absolute atomic E-state index is 13.1. The van der Waals surface area contributed by atoms with Gasteiger partial charge in [-0.15, -0.1) is 0 Å². The molecule has 0 bridgehead atoms. The van der Waals surface area contributed by atoms with Gasteiger partial charge in [-0.05, 0) is 12.1 Å². The van der Waals surface area contributed by atoms with E-state index in [0.29, 0.717) is 0 Å². The first-order valence-corrected chi connectivity index (χ1v) is 5.75. The van der Waals surface area contributed by atoms with Gasteiger partial charge in [0.25, 0.3) is 0 Å². The number of fused-ring (bicyclic) bond motifs is 1. The zero-order chi connectivity index (χ0) is 15.2. The number of aromatic amines is 1. The van der Waals surface area contributed by atoms with Gasteiger partial charge in [0, 0.05) is 22.7 Å². The summed E-state index contributed by atoms with van der Waals surface area (Å²) in [5.41, 5.74) is -0.933. The van der Waals surface area contributed by atoms with Gasteiger partial charge in [0.05, 0.1) is 11.8 Å². The molecular weight excluding hydrogens is 289 g/mol. The van der Waals surface area contributed by atoms with E-state index in [9.17, 15) is 18.0 Å². The number of aromatic nitrogens is 2. The number of aromatic carboxylic acids is 1. The van der Waals surface area contributed by atoms with E-state index in [1.54, 1.807) is 0 Å². The number of hydrogen-bond acceptors (Lipinski definition) is 3. The fraction of sp³-hybridized carbons (Fsp3) is 0.0769. The summed E-state index contributed by atoms with van der Waals surface area (Å²) >= 11 is 0. The molecule has 5 nitrogen and oxygen atoms in total. The minimum atomic E-state index is -4.57. The van der Waals surface area contributed by atoms with Crippen LogP contribution >= 0.6 is 0 Å². The van der Waals surface area contributed by atoms with Crippen molar-refractivity contribution < 1.29 is 27.6 Å². The summed E-state index contributed by atoms with van der Waals surface area (Å²) in [6.45, 7) is 0. The van der Waals surface area contributed by atoms with E-state index < -0.39 is 17.7 Å². The molecule has 21 heavy (non-hydrogen) atoms. The van der Waals surface area contributed by atoms with Crippen molar-refractivity contribution in [2.24, 2.45) is 0 Å².